The van der Waals surface area contributed by atoms with Gasteiger partial charge in [0.2, 0.25) is 0 Å². The first-order valence-electron chi connectivity index (χ1n) is 4.05. The minimum absolute atomic E-state index is 0.117. The third kappa shape index (κ3) is 4.73. The Morgan fingerprint density at radius 1 is 1.64 bits per heavy atom. The summed E-state index contributed by atoms with van der Waals surface area (Å²) in [6.45, 7) is 5.42. The molecule has 0 spiro atoms. The van der Waals surface area contributed by atoms with Gasteiger partial charge in [0.25, 0.3) is 0 Å². The smallest absolute Gasteiger partial charge is 0.165 e. The lowest BCUT2D eigenvalue weighted by Crippen LogP contribution is -2.16. The van der Waals surface area contributed by atoms with Gasteiger partial charge in [-0.3, -0.25) is 4.79 Å². The summed E-state index contributed by atoms with van der Waals surface area (Å²) >= 11 is 0. The van der Waals surface area contributed by atoms with E-state index in [4.69, 9.17) is 5.11 Å². The number of carbonyl (C=O) groups excluding carboxylic acids is 1. The molecule has 0 aromatic carbocycles. The maximum absolute atomic E-state index is 10.9. The number of aliphatic hydroxyl groups is 1. The average Bonchev–Trinajstić information content (AvgIpc) is 2.03. The van der Waals surface area contributed by atoms with Crippen LogP contribution >= 0.6 is 0 Å². The molecule has 2 nitrogen and oxygen atoms in total. The first-order chi connectivity index (χ1) is 5.22. The topological polar surface area (TPSA) is 37.3 Å². The molecular formula is C9H16O2. The predicted molar refractivity (Wildman–Crippen MR) is 45.4 cm³/mol. The summed E-state index contributed by atoms with van der Waals surface area (Å²) in [5, 5.41) is 8.96. The molecule has 0 aromatic rings. The molecule has 0 bridgehead atoms. The van der Waals surface area contributed by atoms with Crippen molar-refractivity contribution in [2.45, 2.75) is 38.7 Å². The van der Waals surface area contributed by atoms with Gasteiger partial charge in [-0.2, -0.15) is 0 Å². The van der Waals surface area contributed by atoms with Crippen LogP contribution in [0.5, 0.6) is 0 Å². The van der Waals surface area contributed by atoms with Crippen molar-refractivity contribution < 1.29 is 9.90 Å². The van der Waals surface area contributed by atoms with Crippen LogP contribution < -0.4 is 0 Å². The lowest BCUT2D eigenvalue weighted by atomic mass is 10.1. The van der Waals surface area contributed by atoms with E-state index in [1.54, 1.807) is 0 Å². The van der Waals surface area contributed by atoms with Crippen molar-refractivity contribution in [3.63, 3.8) is 0 Å². The molecule has 0 aliphatic heterocycles. The fraction of sp³-hybridized carbons (Fsp3) is 0.667. The van der Waals surface area contributed by atoms with Crippen LogP contribution in [-0.4, -0.2) is 17.0 Å². The second kappa shape index (κ2) is 6.10. The molecule has 0 saturated carbocycles. The molecule has 64 valence electrons. The summed E-state index contributed by atoms with van der Waals surface area (Å²) in [6.07, 6.45) is 3.81. The Balaban J connectivity index is 3.44. The molecule has 0 aliphatic carbocycles. The third-order valence-corrected chi connectivity index (χ3v) is 1.58. The minimum atomic E-state index is -0.952. The highest BCUT2D eigenvalue weighted by Crippen LogP contribution is 2.02. The summed E-state index contributed by atoms with van der Waals surface area (Å²) in [5.41, 5.74) is 0. The number of unbranched alkanes of at least 4 members (excludes halogenated alkanes) is 2. The number of hydrogen-bond acceptors (Lipinski definition) is 2. The maximum Gasteiger partial charge on any atom is 0.165 e. The Morgan fingerprint density at radius 2 is 2.27 bits per heavy atom. The Bertz CT molecular complexity index is 130. The number of aliphatic hydroxyl groups excluding tert-OH is 1. The molecule has 0 aromatic heterocycles. The quantitative estimate of drug-likeness (QED) is 0.469. The van der Waals surface area contributed by atoms with E-state index in [1.807, 2.05) is 0 Å². The first kappa shape index (κ1) is 10.4. The fourth-order valence-electron chi connectivity index (χ4n) is 0.829. The summed E-state index contributed by atoms with van der Waals surface area (Å²) in [6, 6.07) is 0. The van der Waals surface area contributed by atoms with E-state index in [0.717, 1.165) is 19.3 Å². The molecule has 0 fully saturated rings. The van der Waals surface area contributed by atoms with Crippen LogP contribution in [0.4, 0.5) is 0 Å². The van der Waals surface area contributed by atoms with Gasteiger partial charge in [-0.1, -0.05) is 25.8 Å². The van der Waals surface area contributed by atoms with Crippen molar-refractivity contribution in [3.8, 4) is 0 Å². The minimum Gasteiger partial charge on any atom is -0.381 e. The molecule has 11 heavy (non-hydrogen) atoms. The van der Waals surface area contributed by atoms with Crippen LogP contribution in [0.2, 0.25) is 0 Å². The van der Waals surface area contributed by atoms with E-state index in [9.17, 15) is 4.79 Å². The van der Waals surface area contributed by atoms with Crippen molar-refractivity contribution >= 4 is 5.78 Å². The standard InChI is InChI=1S/C9H16O2/c1-3-5-6-7-9(11)8(10)4-2/h4,8,10H,2-3,5-7H2,1H3. The molecule has 0 heterocycles. The van der Waals surface area contributed by atoms with Crippen LogP contribution in [0.1, 0.15) is 32.6 Å². The molecule has 0 saturated heterocycles. The highest BCUT2D eigenvalue weighted by atomic mass is 16.3. The molecule has 1 N–H and O–H groups in total. The molecule has 2 heteroatoms. The number of hydrogen-bond donors (Lipinski definition) is 1. The Kier molecular flexibility index (Phi) is 5.75. The average molecular weight is 156 g/mol. The summed E-state index contributed by atoms with van der Waals surface area (Å²) in [7, 11) is 0. The van der Waals surface area contributed by atoms with Crippen LogP contribution in [-0.2, 0) is 4.79 Å². The highest BCUT2D eigenvalue weighted by Gasteiger charge is 2.08. The number of carbonyl (C=O) groups is 1. The van der Waals surface area contributed by atoms with Crippen molar-refractivity contribution in [1.29, 1.82) is 0 Å². The Morgan fingerprint density at radius 3 is 2.73 bits per heavy atom. The van der Waals surface area contributed by atoms with E-state index in [2.05, 4.69) is 13.5 Å². The van der Waals surface area contributed by atoms with E-state index >= 15 is 0 Å². The van der Waals surface area contributed by atoms with Crippen molar-refractivity contribution in [2.75, 3.05) is 0 Å². The molecule has 0 amide bonds. The maximum atomic E-state index is 10.9. The zero-order valence-corrected chi connectivity index (χ0v) is 7.05. The van der Waals surface area contributed by atoms with Crippen LogP contribution in [0.3, 0.4) is 0 Å². The van der Waals surface area contributed by atoms with E-state index < -0.39 is 6.10 Å². The summed E-state index contributed by atoms with van der Waals surface area (Å²) < 4.78 is 0. The van der Waals surface area contributed by atoms with Gasteiger partial charge < -0.3 is 5.11 Å². The molecule has 1 unspecified atom stereocenters. The lowest BCUT2D eigenvalue weighted by molar-refractivity contribution is -0.125. The molecule has 0 radical (unpaired) electrons. The fourth-order valence-corrected chi connectivity index (χ4v) is 0.829. The van der Waals surface area contributed by atoms with E-state index in [0.29, 0.717) is 6.42 Å². The second-order valence-corrected chi connectivity index (χ2v) is 2.60. The van der Waals surface area contributed by atoms with Gasteiger partial charge in [-0.15, -0.1) is 6.58 Å². The van der Waals surface area contributed by atoms with Crippen molar-refractivity contribution in [3.05, 3.63) is 12.7 Å². The molecular weight excluding hydrogens is 140 g/mol. The summed E-state index contributed by atoms with van der Waals surface area (Å²) in [5.74, 6) is -0.117. The number of rotatable bonds is 6. The van der Waals surface area contributed by atoms with Gasteiger partial charge in [0.15, 0.2) is 5.78 Å². The normalized spacial score (nSPS) is 12.5. The highest BCUT2D eigenvalue weighted by molar-refractivity contribution is 5.84. The molecule has 1 atom stereocenters. The van der Waals surface area contributed by atoms with Crippen LogP contribution in [0.15, 0.2) is 12.7 Å². The number of ketones is 1. The predicted octanol–water partition coefficient (Wildman–Crippen LogP) is 1.68. The molecule has 0 rings (SSSR count). The SMILES string of the molecule is C=CC(O)C(=O)CCCCC. The largest absolute Gasteiger partial charge is 0.381 e. The van der Waals surface area contributed by atoms with Gasteiger partial charge in [0.05, 0.1) is 0 Å². The van der Waals surface area contributed by atoms with Crippen LogP contribution in [0.25, 0.3) is 0 Å². The van der Waals surface area contributed by atoms with Gasteiger partial charge in [0.1, 0.15) is 6.10 Å². The second-order valence-electron chi connectivity index (χ2n) is 2.60. The van der Waals surface area contributed by atoms with Crippen molar-refractivity contribution in [1.82, 2.24) is 0 Å². The number of Topliss-reactive ketones (excluding diaryl/α,β-unsaturated/α-hetero) is 1. The molecule has 0 aliphatic rings. The summed E-state index contributed by atoms with van der Waals surface area (Å²) in [4.78, 5) is 10.9. The van der Waals surface area contributed by atoms with Gasteiger partial charge in [-0.25, -0.2) is 0 Å². The Labute approximate surface area is 67.9 Å². The zero-order chi connectivity index (χ0) is 8.69. The van der Waals surface area contributed by atoms with Crippen LogP contribution in [0, 0.1) is 0 Å². The van der Waals surface area contributed by atoms with Gasteiger partial charge in [-0.05, 0) is 6.42 Å². The van der Waals surface area contributed by atoms with E-state index in [1.165, 1.54) is 6.08 Å². The van der Waals surface area contributed by atoms with Crippen molar-refractivity contribution in [2.24, 2.45) is 0 Å². The zero-order valence-electron chi connectivity index (χ0n) is 7.05. The van der Waals surface area contributed by atoms with Gasteiger partial charge >= 0.3 is 0 Å². The third-order valence-electron chi connectivity index (χ3n) is 1.58. The van der Waals surface area contributed by atoms with Gasteiger partial charge in [0, 0.05) is 6.42 Å². The first-order valence-corrected chi connectivity index (χ1v) is 4.05. The monoisotopic (exact) mass is 156 g/mol. The Hall–Kier alpha value is -0.630. The van der Waals surface area contributed by atoms with E-state index in [-0.39, 0.29) is 5.78 Å². The lowest BCUT2D eigenvalue weighted by Gasteiger charge is -2.02.